The van der Waals surface area contributed by atoms with Gasteiger partial charge in [-0.25, -0.2) is 4.68 Å². The zero-order valence-corrected chi connectivity index (χ0v) is 17.0. The highest BCUT2D eigenvalue weighted by molar-refractivity contribution is 5.92. The molecule has 1 amide bonds. The maximum absolute atomic E-state index is 13.0. The Bertz CT molecular complexity index is 1180. The van der Waals surface area contributed by atoms with E-state index < -0.39 is 0 Å². The fourth-order valence-electron chi connectivity index (χ4n) is 3.97. The number of aromatic nitrogens is 4. The van der Waals surface area contributed by atoms with Gasteiger partial charge in [0, 0.05) is 49.9 Å². The van der Waals surface area contributed by atoms with E-state index in [1.807, 2.05) is 35.4 Å². The predicted octanol–water partition coefficient (Wildman–Crippen LogP) is 2.96. The van der Waals surface area contributed by atoms with Crippen LogP contribution in [0.5, 0.6) is 0 Å². The summed E-state index contributed by atoms with van der Waals surface area (Å²) in [5.74, 6) is 0.901. The van der Waals surface area contributed by atoms with Crippen molar-refractivity contribution in [2.45, 2.75) is 6.42 Å². The lowest BCUT2D eigenvalue weighted by Gasteiger charge is -2.19. The summed E-state index contributed by atoms with van der Waals surface area (Å²) in [4.78, 5) is 21.2. The number of pyridine rings is 2. The first-order valence-electron chi connectivity index (χ1n) is 10.2. The summed E-state index contributed by atoms with van der Waals surface area (Å²) in [7, 11) is 2.10. The van der Waals surface area contributed by atoms with E-state index in [9.17, 15) is 4.79 Å². The standard InChI is InChI=1S/C23H24N6O/c1-26-12-2-13-27(16-15-26)23(30)21-9-14-29(25-21)22-6-5-20-4-3-19(17-28(20)22)18-7-10-24-11-8-18/h3-11,14,17H,2,12-13,15-16H2,1H3. The van der Waals surface area contributed by atoms with Gasteiger partial charge < -0.3 is 14.2 Å². The largest absolute Gasteiger partial charge is 0.336 e. The Morgan fingerprint density at radius 2 is 1.73 bits per heavy atom. The highest BCUT2D eigenvalue weighted by Gasteiger charge is 2.21. The maximum Gasteiger partial charge on any atom is 0.274 e. The minimum Gasteiger partial charge on any atom is -0.336 e. The van der Waals surface area contributed by atoms with Crippen molar-refractivity contribution < 1.29 is 4.79 Å². The minimum absolute atomic E-state index is 0.00221. The average Bonchev–Trinajstić information content (AvgIpc) is 3.37. The summed E-state index contributed by atoms with van der Waals surface area (Å²) in [5, 5.41) is 4.61. The van der Waals surface area contributed by atoms with Crippen LogP contribution in [0.25, 0.3) is 22.5 Å². The van der Waals surface area contributed by atoms with Crippen LogP contribution in [0.15, 0.2) is 67.3 Å². The van der Waals surface area contributed by atoms with E-state index in [-0.39, 0.29) is 5.91 Å². The molecule has 0 unspecified atom stereocenters. The maximum atomic E-state index is 13.0. The molecule has 7 heteroatoms. The van der Waals surface area contributed by atoms with Crippen LogP contribution in [0, 0.1) is 0 Å². The van der Waals surface area contributed by atoms with Crippen molar-refractivity contribution in [1.29, 1.82) is 0 Å². The third-order valence-electron chi connectivity index (χ3n) is 5.69. The van der Waals surface area contributed by atoms with Crippen LogP contribution in [0.2, 0.25) is 0 Å². The van der Waals surface area contributed by atoms with Crippen LogP contribution < -0.4 is 0 Å². The molecule has 30 heavy (non-hydrogen) atoms. The van der Waals surface area contributed by atoms with Crippen LogP contribution >= 0.6 is 0 Å². The van der Waals surface area contributed by atoms with Gasteiger partial charge in [-0.3, -0.25) is 9.78 Å². The van der Waals surface area contributed by atoms with Gasteiger partial charge in [-0.05, 0) is 67.5 Å². The number of carbonyl (C=O) groups is 1. The molecule has 1 saturated heterocycles. The molecule has 4 aromatic heterocycles. The lowest BCUT2D eigenvalue weighted by Crippen LogP contribution is -2.34. The van der Waals surface area contributed by atoms with Gasteiger partial charge in [0.25, 0.3) is 5.91 Å². The van der Waals surface area contributed by atoms with Crippen molar-refractivity contribution in [1.82, 2.24) is 29.0 Å². The van der Waals surface area contributed by atoms with Gasteiger partial charge in [-0.15, -0.1) is 0 Å². The fourth-order valence-corrected chi connectivity index (χ4v) is 3.97. The van der Waals surface area contributed by atoms with Crippen LogP contribution in [0.1, 0.15) is 16.9 Å². The van der Waals surface area contributed by atoms with E-state index >= 15 is 0 Å². The molecule has 5 rings (SSSR count). The summed E-state index contributed by atoms with van der Waals surface area (Å²) >= 11 is 0. The second-order valence-corrected chi connectivity index (χ2v) is 7.73. The molecule has 0 saturated carbocycles. The van der Waals surface area contributed by atoms with Crippen molar-refractivity contribution in [3.05, 3.63) is 72.9 Å². The molecule has 1 fully saturated rings. The predicted molar refractivity (Wildman–Crippen MR) is 116 cm³/mol. The minimum atomic E-state index is 0.00221. The Hall–Kier alpha value is -3.45. The molecule has 5 heterocycles. The topological polar surface area (TPSA) is 58.7 Å². The number of hydrogen-bond donors (Lipinski definition) is 0. The van der Waals surface area contributed by atoms with Crippen LogP contribution in [-0.2, 0) is 0 Å². The molecule has 0 radical (unpaired) electrons. The number of likely N-dealkylation sites (N-methyl/N-ethyl adjacent to an activating group) is 1. The molecule has 7 nitrogen and oxygen atoms in total. The van der Waals surface area contributed by atoms with E-state index in [2.05, 4.69) is 50.8 Å². The zero-order valence-electron chi connectivity index (χ0n) is 17.0. The molecule has 1 aliphatic rings. The highest BCUT2D eigenvalue weighted by Crippen LogP contribution is 2.22. The molecular formula is C23H24N6O. The molecule has 1 aliphatic heterocycles. The van der Waals surface area contributed by atoms with Crippen LogP contribution in [0.3, 0.4) is 0 Å². The Morgan fingerprint density at radius 1 is 0.900 bits per heavy atom. The Morgan fingerprint density at radius 3 is 2.60 bits per heavy atom. The summed E-state index contributed by atoms with van der Waals surface area (Å²) in [6.07, 6.45) is 8.53. The van der Waals surface area contributed by atoms with E-state index in [4.69, 9.17) is 0 Å². The van der Waals surface area contributed by atoms with E-state index in [0.29, 0.717) is 5.69 Å². The number of rotatable bonds is 3. The molecule has 0 aromatic carbocycles. The van der Waals surface area contributed by atoms with Crippen molar-refractivity contribution in [2.75, 3.05) is 33.2 Å². The lowest BCUT2D eigenvalue weighted by atomic mass is 10.1. The van der Waals surface area contributed by atoms with Gasteiger partial charge in [-0.1, -0.05) is 6.07 Å². The van der Waals surface area contributed by atoms with E-state index in [1.165, 1.54) is 0 Å². The molecule has 0 spiro atoms. The van der Waals surface area contributed by atoms with Crippen molar-refractivity contribution in [3.63, 3.8) is 0 Å². The molecule has 0 N–H and O–H groups in total. The monoisotopic (exact) mass is 400 g/mol. The summed E-state index contributed by atoms with van der Waals surface area (Å²) in [5.41, 5.74) is 3.76. The zero-order chi connectivity index (χ0) is 20.5. The number of carbonyl (C=O) groups excluding carboxylic acids is 1. The summed E-state index contributed by atoms with van der Waals surface area (Å²) in [6, 6.07) is 14.1. The Labute approximate surface area is 175 Å². The summed E-state index contributed by atoms with van der Waals surface area (Å²) in [6.45, 7) is 3.44. The average molecular weight is 400 g/mol. The number of hydrogen-bond acceptors (Lipinski definition) is 4. The van der Waals surface area contributed by atoms with E-state index in [1.54, 1.807) is 17.1 Å². The molecule has 4 aromatic rings. The normalized spacial score (nSPS) is 15.4. The van der Waals surface area contributed by atoms with Gasteiger partial charge in [-0.2, -0.15) is 5.10 Å². The van der Waals surface area contributed by atoms with Gasteiger partial charge in [0.15, 0.2) is 5.69 Å². The quantitative estimate of drug-likeness (QED) is 0.531. The Balaban J connectivity index is 1.45. The van der Waals surface area contributed by atoms with Crippen molar-refractivity contribution in [3.8, 4) is 16.9 Å². The van der Waals surface area contributed by atoms with Gasteiger partial charge in [0.1, 0.15) is 5.82 Å². The van der Waals surface area contributed by atoms with Crippen molar-refractivity contribution >= 4 is 11.4 Å². The number of nitrogens with zero attached hydrogens (tertiary/aromatic N) is 6. The smallest absolute Gasteiger partial charge is 0.274 e. The first-order valence-corrected chi connectivity index (χ1v) is 10.2. The van der Waals surface area contributed by atoms with Crippen LogP contribution in [-0.4, -0.2) is 68.1 Å². The molecular weight excluding hydrogens is 376 g/mol. The second kappa shape index (κ2) is 7.76. The highest BCUT2D eigenvalue weighted by atomic mass is 16.2. The molecule has 0 bridgehead atoms. The third-order valence-corrected chi connectivity index (χ3v) is 5.69. The lowest BCUT2D eigenvalue weighted by molar-refractivity contribution is 0.0756. The molecule has 0 atom stereocenters. The SMILES string of the molecule is CN1CCCN(C(=O)c2ccn(-c3ccc4ccc(-c5ccncc5)cn34)n2)CC1. The van der Waals surface area contributed by atoms with Crippen LogP contribution in [0.4, 0.5) is 0 Å². The van der Waals surface area contributed by atoms with Gasteiger partial charge in [0.2, 0.25) is 0 Å². The van der Waals surface area contributed by atoms with Gasteiger partial charge >= 0.3 is 0 Å². The fraction of sp³-hybridized carbons (Fsp3) is 0.261. The molecule has 152 valence electrons. The summed E-state index contributed by atoms with van der Waals surface area (Å²) < 4.78 is 3.87. The number of amides is 1. The Kier molecular flexibility index (Phi) is 4.80. The first-order chi connectivity index (χ1) is 14.7. The third kappa shape index (κ3) is 3.48. The van der Waals surface area contributed by atoms with Gasteiger partial charge in [0.05, 0.1) is 0 Å². The molecule has 0 aliphatic carbocycles. The van der Waals surface area contributed by atoms with Crippen molar-refractivity contribution in [2.24, 2.45) is 0 Å². The van der Waals surface area contributed by atoms with E-state index in [0.717, 1.165) is 55.1 Å². The number of fused-ring (bicyclic) bond motifs is 1. The first kappa shape index (κ1) is 18.6. The second-order valence-electron chi connectivity index (χ2n) is 7.73.